The molecule has 23 heavy (non-hydrogen) atoms. The molecule has 126 valence electrons. The Labute approximate surface area is 133 Å². The molecule has 0 unspecified atom stereocenters. The zero-order valence-corrected chi connectivity index (χ0v) is 13.0. The molecule has 0 radical (unpaired) electrons. The van der Waals surface area contributed by atoms with E-state index in [2.05, 4.69) is 10.1 Å². The molecule has 0 spiro atoms. The second-order valence-corrected chi connectivity index (χ2v) is 6.13. The van der Waals surface area contributed by atoms with Gasteiger partial charge in [-0.3, -0.25) is 0 Å². The van der Waals surface area contributed by atoms with Crippen LogP contribution in [0.2, 0.25) is 5.02 Å². The van der Waals surface area contributed by atoms with Crippen molar-refractivity contribution in [2.75, 3.05) is 5.73 Å². The number of nitrogens with two attached hydrogens (primary N) is 1. The lowest BCUT2D eigenvalue weighted by Crippen LogP contribution is -2.09. The standard InChI is InChI=1S/C11H9ClF4N4O2S/c1-2-5-3-6(12)7(4-8(5)23(16,21)22)20-10(17)18-9(19-20)11(13,14)15/h3-4H,2H2,1H3,(H2,17,18,19). The molecule has 0 saturated carbocycles. The zero-order valence-electron chi connectivity index (χ0n) is 11.4. The van der Waals surface area contributed by atoms with Crippen molar-refractivity contribution in [3.8, 4) is 5.69 Å². The summed E-state index contributed by atoms with van der Waals surface area (Å²) in [4.78, 5) is 2.32. The van der Waals surface area contributed by atoms with Gasteiger partial charge in [0.15, 0.2) is 0 Å². The predicted octanol–water partition coefficient (Wildman–Crippen LogP) is 2.74. The normalized spacial score (nSPS) is 12.6. The van der Waals surface area contributed by atoms with E-state index in [1.807, 2.05) is 0 Å². The average Bonchev–Trinajstić information content (AvgIpc) is 2.79. The molecular weight excluding hydrogens is 364 g/mol. The first-order valence-corrected chi connectivity index (χ1v) is 7.78. The maximum absolute atomic E-state index is 13.4. The fraction of sp³-hybridized carbons (Fsp3) is 0.273. The molecule has 0 saturated heterocycles. The molecule has 1 aromatic heterocycles. The van der Waals surface area contributed by atoms with Gasteiger partial charge in [0.1, 0.15) is 4.90 Å². The number of rotatable bonds is 3. The quantitative estimate of drug-likeness (QED) is 0.660. The van der Waals surface area contributed by atoms with Crippen LogP contribution < -0.4 is 5.73 Å². The van der Waals surface area contributed by atoms with Crippen LogP contribution in [0.15, 0.2) is 17.0 Å². The molecule has 1 aromatic carbocycles. The zero-order chi connectivity index (χ0) is 17.6. The Morgan fingerprint density at radius 3 is 2.39 bits per heavy atom. The number of benzene rings is 1. The highest BCUT2D eigenvalue weighted by Gasteiger charge is 2.37. The number of hydrogen-bond donors (Lipinski definition) is 1. The monoisotopic (exact) mass is 372 g/mol. The molecule has 0 aliphatic carbocycles. The summed E-state index contributed by atoms with van der Waals surface area (Å²) in [5.74, 6) is -2.21. The van der Waals surface area contributed by atoms with Gasteiger partial charge >= 0.3 is 16.4 Å². The second-order valence-electron chi connectivity index (χ2n) is 4.41. The van der Waals surface area contributed by atoms with Crippen molar-refractivity contribution in [3.05, 3.63) is 28.5 Å². The fourth-order valence-corrected chi connectivity index (χ4v) is 2.91. The van der Waals surface area contributed by atoms with Gasteiger partial charge in [0.05, 0.1) is 10.7 Å². The van der Waals surface area contributed by atoms with Gasteiger partial charge < -0.3 is 5.73 Å². The Hall–Kier alpha value is -1.88. The van der Waals surface area contributed by atoms with E-state index in [9.17, 15) is 25.5 Å². The van der Waals surface area contributed by atoms with Crippen LogP contribution in [0.1, 0.15) is 18.3 Å². The smallest absolute Gasteiger partial charge is 0.368 e. The van der Waals surface area contributed by atoms with E-state index < -0.39 is 33.1 Å². The van der Waals surface area contributed by atoms with Gasteiger partial charge in [0.25, 0.3) is 5.82 Å². The Kier molecular flexibility index (Phi) is 4.28. The van der Waals surface area contributed by atoms with E-state index in [4.69, 9.17) is 17.3 Å². The van der Waals surface area contributed by atoms with E-state index in [-0.39, 0.29) is 22.7 Å². The van der Waals surface area contributed by atoms with Gasteiger partial charge in [0.2, 0.25) is 5.95 Å². The molecule has 1 heterocycles. The molecule has 0 amide bonds. The van der Waals surface area contributed by atoms with Crippen molar-refractivity contribution in [2.24, 2.45) is 0 Å². The van der Waals surface area contributed by atoms with Gasteiger partial charge in [-0.25, -0.2) is 0 Å². The molecule has 0 fully saturated rings. The summed E-state index contributed by atoms with van der Waals surface area (Å²) in [6.07, 6.45) is -4.72. The summed E-state index contributed by atoms with van der Waals surface area (Å²) in [7, 11) is -5.11. The van der Waals surface area contributed by atoms with Gasteiger partial charge in [-0.15, -0.1) is 8.98 Å². The number of alkyl halides is 3. The van der Waals surface area contributed by atoms with Crippen molar-refractivity contribution in [3.63, 3.8) is 0 Å². The average molecular weight is 373 g/mol. The Balaban J connectivity index is 2.72. The second kappa shape index (κ2) is 5.64. The lowest BCUT2D eigenvalue weighted by Gasteiger charge is -2.10. The first-order chi connectivity index (χ1) is 10.4. The van der Waals surface area contributed by atoms with Crippen LogP contribution in [0.3, 0.4) is 0 Å². The van der Waals surface area contributed by atoms with E-state index in [1.54, 1.807) is 6.92 Å². The lowest BCUT2D eigenvalue weighted by molar-refractivity contribution is -0.144. The van der Waals surface area contributed by atoms with Crippen LogP contribution in [-0.2, 0) is 22.8 Å². The Morgan fingerprint density at radius 2 is 1.96 bits per heavy atom. The van der Waals surface area contributed by atoms with Gasteiger partial charge in [-0.2, -0.15) is 31.3 Å². The third-order valence-electron chi connectivity index (χ3n) is 2.89. The molecule has 2 N–H and O–H groups in total. The van der Waals surface area contributed by atoms with Crippen LogP contribution in [-0.4, -0.2) is 23.2 Å². The molecule has 2 rings (SSSR count). The SMILES string of the molecule is CCc1cc(Cl)c(-n2nc(C(F)(F)F)nc2N)cc1S(=O)(=O)F. The summed E-state index contributed by atoms with van der Waals surface area (Å²) in [5.41, 5.74) is 5.09. The van der Waals surface area contributed by atoms with Crippen LogP contribution in [0, 0.1) is 0 Å². The number of nitrogen functional groups attached to an aromatic ring is 1. The Bertz CT molecular complexity index is 864. The molecule has 0 bridgehead atoms. The number of aromatic nitrogens is 3. The highest BCUT2D eigenvalue weighted by Crippen LogP contribution is 2.32. The predicted molar refractivity (Wildman–Crippen MR) is 73.5 cm³/mol. The molecule has 12 heteroatoms. The molecule has 0 atom stereocenters. The largest absolute Gasteiger partial charge is 0.453 e. The van der Waals surface area contributed by atoms with Crippen molar-refractivity contribution >= 4 is 27.8 Å². The van der Waals surface area contributed by atoms with Crippen LogP contribution in [0.25, 0.3) is 5.69 Å². The number of nitrogens with zero attached hydrogens (tertiary/aromatic N) is 3. The Morgan fingerprint density at radius 1 is 1.35 bits per heavy atom. The highest BCUT2D eigenvalue weighted by molar-refractivity contribution is 7.86. The molecule has 0 aliphatic heterocycles. The third-order valence-corrected chi connectivity index (χ3v) is 4.10. The summed E-state index contributed by atoms with van der Waals surface area (Å²) >= 11 is 5.92. The molecular formula is C11H9ClF4N4O2S. The lowest BCUT2D eigenvalue weighted by atomic mass is 10.1. The van der Waals surface area contributed by atoms with Crippen LogP contribution in [0.5, 0.6) is 0 Å². The summed E-state index contributed by atoms with van der Waals surface area (Å²) in [6, 6.07) is 1.89. The topological polar surface area (TPSA) is 90.9 Å². The molecule has 0 aliphatic rings. The van der Waals surface area contributed by atoms with Gasteiger partial charge in [-0.1, -0.05) is 18.5 Å². The minimum absolute atomic E-state index is 0.0657. The minimum atomic E-state index is -5.11. The van der Waals surface area contributed by atoms with Crippen LogP contribution in [0.4, 0.5) is 23.0 Å². The van der Waals surface area contributed by atoms with Gasteiger partial charge in [0, 0.05) is 0 Å². The number of anilines is 1. The van der Waals surface area contributed by atoms with E-state index >= 15 is 0 Å². The first-order valence-electron chi connectivity index (χ1n) is 6.02. The fourth-order valence-electron chi connectivity index (χ4n) is 1.87. The van der Waals surface area contributed by atoms with E-state index in [0.717, 1.165) is 12.1 Å². The van der Waals surface area contributed by atoms with E-state index in [1.165, 1.54) is 0 Å². The van der Waals surface area contributed by atoms with Crippen molar-refractivity contribution < 1.29 is 25.5 Å². The first kappa shape index (κ1) is 17.5. The highest BCUT2D eigenvalue weighted by atomic mass is 35.5. The van der Waals surface area contributed by atoms with E-state index in [0.29, 0.717) is 4.68 Å². The van der Waals surface area contributed by atoms with Crippen LogP contribution >= 0.6 is 11.6 Å². The number of hydrogen-bond acceptors (Lipinski definition) is 5. The molecule has 6 nitrogen and oxygen atoms in total. The number of aryl methyl sites for hydroxylation is 1. The van der Waals surface area contributed by atoms with Crippen molar-refractivity contribution in [1.82, 2.24) is 14.8 Å². The third kappa shape index (κ3) is 3.39. The summed E-state index contributed by atoms with van der Waals surface area (Å²) in [5, 5.41) is 2.99. The number of halogens is 5. The summed E-state index contributed by atoms with van der Waals surface area (Å²) < 4.78 is 74.1. The molecule has 2 aromatic rings. The maximum Gasteiger partial charge on any atom is 0.453 e. The summed E-state index contributed by atoms with van der Waals surface area (Å²) in [6.45, 7) is 1.56. The minimum Gasteiger partial charge on any atom is -0.368 e. The van der Waals surface area contributed by atoms with Gasteiger partial charge in [-0.05, 0) is 24.1 Å². The van der Waals surface area contributed by atoms with Crippen molar-refractivity contribution in [1.29, 1.82) is 0 Å². The van der Waals surface area contributed by atoms with Crippen molar-refractivity contribution in [2.45, 2.75) is 24.4 Å². The maximum atomic E-state index is 13.4.